The van der Waals surface area contributed by atoms with Gasteiger partial charge in [0.15, 0.2) is 5.58 Å². The second kappa shape index (κ2) is 11.5. The predicted molar refractivity (Wildman–Crippen MR) is 219 cm³/mol. The zero-order valence-electron chi connectivity index (χ0n) is 27.9. The molecule has 0 atom stereocenters. The molecular formula is C48H29NO2S. The minimum Gasteiger partial charge on any atom is -0.456 e. The van der Waals surface area contributed by atoms with Crippen LogP contribution in [0.15, 0.2) is 185 Å². The van der Waals surface area contributed by atoms with Crippen molar-refractivity contribution in [1.82, 2.24) is 0 Å². The van der Waals surface area contributed by atoms with E-state index >= 15 is 0 Å². The van der Waals surface area contributed by atoms with E-state index in [1.807, 2.05) is 23.5 Å². The lowest BCUT2D eigenvalue weighted by atomic mass is 10.0. The first-order valence-corrected chi connectivity index (χ1v) is 18.3. The van der Waals surface area contributed by atoms with Crippen LogP contribution in [0.5, 0.6) is 0 Å². The molecule has 0 saturated carbocycles. The van der Waals surface area contributed by atoms with Crippen LogP contribution < -0.4 is 4.90 Å². The lowest BCUT2D eigenvalue weighted by Crippen LogP contribution is -2.10. The van der Waals surface area contributed by atoms with E-state index in [0.29, 0.717) is 0 Å². The molecule has 52 heavy (non-hydrogen) atoms. The van der Waals surface area contributed by atoms with Gasteiger partial charge in [0.1, 0.15) is 16.7 Å². The van der Waals surface area contributed by atoms with E-state index in [9.17, 15) is 0 Å². The van der Waals surface area contributed by atoms with Crippen molar-refractivity contribution in [3.05, 3.63) is 176 Å². The van der Waals surface area contributed by atoms with Gasteiger partial charge in [-0.3, -0.25) is 0 Å². The fourth-order valence-electron chi connectivity index (χ4n) is 7.89. The minimum atomic E-state index is 0.840. The van der Waals surface area contributed by atoms with Gasteiger partial charge in [0.2, 0.25) is 0 Å². The molecule has 0 aliphatic heterocycles. The number of hydrogen-bond acceptors (Lipinski definition) is 4. The van der Waals surface area contributed by atoms with Crippen LogP contribution in [0.2, 0.25) is 0 Å². The number of rotatable bonds is 5. The summed E-state index contributed by atoms with van der Waals surface area (Å²) in [7, 11) is 0. The highest BCUT2D eigenvalue weighted by molar-refractivity contribution is 7.25. The maximum atomic E-state index is 7.02. The van der Waals surface area contributed by atoms with Crippen LogP contribution in [0.4, 0.5) is 17.1 Å². The van der Waals surface area contributed by atoms with Gasteiger partial charge in [0.25, 0.3) is 0 Å². The third-order valence-electron chi connectivity index (χ3n) is 10.3. The van der Waals surface area contributed by atoms with E-state index in [1.165, 1.54) is 31.3 Å². The molecule has 4 heteroatoms. The standard InChI is InChI=1S/C48H29NO2S/c1-3-12-30(13-4-1)32-24-26-44-38(28-32)39-29-33(25-27-45(39)52-44)49(40-20-11-23-43-46(40)37-16-7-8-22-42(37)50-43)41-21-10-19-36-35-18-9-17-34(47(35)51-48(36)41)31-14-5-2-6-15-31/h1-29H. The van der Waals surface area contributed by atoms with Gasteiger partial charge in [-0.1, -0.05) is 121 Å². The van der Waals surface area contributed by atoms with Crippen molar-refractivity contribution >= 4 is 92.4 Å². The summed E-state index contributed by atoms with van der Waals surface area (Å²) in [6, 6.07) is 62.4. The molecule has 8 aromatic carbocycles. The molecule has 0 fully saturated rings. The Morgan fingerprint density at radius 1 is 0.385 bits per heavy atom. The number of fused-ring (bicyclic) bond motifs is 9. The zero-order valence-corrected chi connectivity index (χ0v) is 28.7. The second-order valence-electron chi connectivity index (χ2n) is 13.2. The van der Waals surface area contributed by atoms with Crippen molar-refractivity contribution in [2.45, 2.75) is 0 Å². The number of anilines is 3. The Labute approximate surface area is 303 Å². The number of nitrogens with zero attached hydrogens (tertiary/aromatic N) is 1. The van der Waals surface area contributed by atoms with Crippen LogP contribution in [0.25, 0.3) is 86.3 Å². The highest BCUT2D eigenvalue weighted by Crippen LogP contribution is 2.48. The summed E-state index contributed by atoms with van der Waals surface area (Å²) < 4.78 is 16.0. The van der Waals surface area contributed by atoms with Crippen LogP contribution in [0.1, 0.15) is 0 Å². The number of furan rings is 2. The summed E-state index contributed by atoms with van der Waals surface area (Å²) in [5, 5.41) is 6.80. The molecule has 11 rings (SSSR count). The molecule has 0 amide bonds. The van der Waals surface area contributed by atoms with E-state index in [1.54, 1.807) is 0 Å². The molecule has 0 aliphatic rings. The minimum absolute atomic E-state index is 0.840. The molecule has 3 nitrogen and oxygen atoms in total. The Morgan fingerprint density at radius 2 is 1.02 bits per heavy atom. The lowest BCUT2D eigenvalue weighted by Gasteiger charge is -2.26. The van der Waals surface area contributed by atoms with Gasteiger partial charge >= 0.3 is 0 Å². The Morgan fingerprint density at radius 3 is 1.87 bits per heavy atom. The Balaban J connectivity index is 1.20. The number of hydrogen-bond donors (Lipinski definition) is 0. The largest absolute Gasteiger partial charge is 0.456 e. The van der Waals surface area contributed by atoms with Gasteiger partial charge in [-0.05, 0) is 71.3 Å². The topological polar surface area (TPSA) is 29.5 Å². The van der Waals surface area contributed by atoms with Crippen molar-refractivity contribution in [2.75, 3.05) is 4.90 Å². The third kappa shape index (κ3) is 4.45. The molecule has 0 spiro atoms. The molecule has 244 valence electrons. The smallest absolute Gasteiger partial charge is 0.159 e. The van der Waals surface area contributed by atoms with Crippen molar-refractivity contribution in [1.29, 1.82) is 0 Å². The first-order chi connectivity index (χ1) is 25.8. The summed E-state index contributed by atoms with van der Waals surface area (Å²) in [5.74, 6) is 0. The predicted octanol–water partition coefficient (Wildman–Crippen LogP) is 14.7. The summed E-state index contributed by atoms with van der Waals surface area (Å²) in [5.41, 5.74) is 11.1. The highest BCUT2D eigenvalue weighted by atomic mass is 32.1. The summed E-state index contributed by atoms with van der Waals surface area (Å²) in [4.78, 5) is 2.36. The lowest BCUT2D eigenvalue weighted by molar-refractivity contribution is 0.668. The fourth-order valence-corrected chi connectivity index (χ4v) is 8.96. The van der Waals surface area contributed by atoms with Gasteiger partial charge in [0.05, 0.1) is 16.8 Å². The molecule has 3 aromatic heterocycles. The summed E-state index contributed by atoms with van der Waals surface area (Å²) >= 11 is 1.84. The Hall–Kier alpha value is -6.62. The van der Waals surface area contributed by atoms with Crippen LogP contribution in [-0.4, -0.2) is 0 Å². The van der Waals surface area contributed by atoms with Crippen molar-refractivity contribution in [3.63, 3.8) is 0 Å². The van der Waals surface area contributed by atoms with Crippen molar-refractivity contribution < 1.29 is 8.83 Å². The average Bonchev–Trinajstić information content (AvgIpc) is 3.90. The van der Waals surface area contributed by atoms with Crippen LogP contribution in [0, 0.1) is 0 Å². The Kier molecular flexibility index (Phi) is 6.42. The first kappa shape index (κ1) is 29.1. The van der Waals surface area contributed by atoms with Gasteiger partial charge in [0, 0.05) is 47.6 Å². The molecule has 0 aliphatic carbocycles. The van der Waals surface area contributed by atoms with E-state index < -0.39 is 0 Å². The maximum Gasteiger partial charge on any atom is 0.159 e. The molecule has 0 bridgehead atoms. The number of para-hydroxylation sites is 3. The van der Waals surface area contributed by atoms with Crippen molar-refractivity contribution in [2.24, 2.45) is 0 Å². The SMILES string of the molecule is c1ccc(-c2ccc3sc4ccc(N(c5cccc6c5oc5c(-c7ccccc7)cccc56)c5cccc6oc7ccccc7c56)cc4c3c2)cc1. The maximum absolute atomic E-state index is 7.02. The van der Waals surface area contributed by atoms with Crippen molar-refractivity contribution in [3.8, 4) is 22.3 Å². The molecule has 3 heterocycles. The molecule has 0 N–H and O–H groups in total. The molecule has 0 unspecified atom stereocenters. The zero-order chi connectivity index (χ0) is 34.2. The van der Waals surface area contributed by atoms with Gasteiger partial charge in [-0.25, -0.2) is 0 Å². The molecule has 0 saturated heterocycles. The molecule has 0 radical (unpaired) electrons. The monoisotopic (exact) mass is 683 g/mol. The molecule has 11 aromatic rings. The second-order valence-corrected chi connectivity index (χ2v) is 14.3. The van der Waals surface area contributed by atoms with Gasteiger partial charge in [-0.15, -0.1) is 11.3 Å². The summed E-state index contributed by atoms with van der Waals surface area (Å²) in [6.07, 6.45) is 0. The van der Waals surface area contributed by atoms with Gasteiger partial charge < -0.3 is 13.7 Å². The highest BCUT2D eigenvalue weighted by Gasteiger charge is 2.24. The third-order valence-corrected chi connectivity index (χ3v) is 11.4. The van der Waals surface area contributed by atoms with Gasteiger partial charge in [-0.2, -0.15) is 0 Å². The average molecular weight is 684 g/mol. The molecular weight excluding hydrogens is 655 g/mol. The quantitative estimate of drug-likeness (QED) is 0.181. The number of benzene rings is 8. The summed E-state index contributed by atoms with van der Waals surface area (Å²) in [6.45, 7) is 0. The fraction of sp³-hybridized carbons (Fsp3) is 0. The normalized spacial score (nSPS) is 11.8. The van der Waals surface area contributed by atoms with Crippen LogP contribution in [-0.2, 0) is 0 Å². The first-order valence-electron chi connectivity index (χ1n) is 17.5. The van der Waals surface area contributed by atoms with E-state index in [-0.39, 0.29) is 0 Å². The van der Waals surface area contributed by atoms with Crippen LogP contribution in [0.3, 0.4) is 0 Å². The van der Waals surface area contributed by atoms with E-state index in [2.05, 4.69) is 169 Å². The Bertz CT molecular complexity index is 3130. The van der Waals surface area contributed by atoms with Crippen LogP contribution >= 0.6 is 11.3 Å². The van der Waals surface area contributed by atoms with E-state index in [0.717, 1.165) is 72.1 Å². The number of thiophene rings is 1. The van der Waals surface area contributed by atoms with E-state index in [4.69, 9.17) is 8.83 Å².